The minimum atomic E-state index is -4.11. The van der Waals surface area contributed by atoms with Crippen molar-refractivity contribution in [1.29, 1.82) is 0 Å². The zero-order valence-electron chi connectivity index (χ0n) is 23.2. The SMILES string of the molecule is Cc1ccc(S(=O)(=O)N(CC(=O)N(Cc2ccc(Cl)cc2)[C@@H](C)C(=O)NC(C)C)c2ccc(C)cc2C)cc1. The average molecular weight is 570 g/mol. The first-order valence-electron chi connectivity index (χ1n) is 12.8. The van der Waals surface area contributed by atoms with Crippen molar-refractivity contribution in [3.8, 4) is 0 Å². The summed E-state index contributed by atoms with van der Waals surface area (Å²) in [5.74, 6) is -0.834. The Bertz CT molecular complexity index is 1420. The molecule has 3 aromatic carbocycles. The third kappa shape index (κ3) is 7.61. The van der Waals surface area contributed by atoms with E-state index in [4.69, 9.17) is 11.6 Å². The fourth-order valence-electron chi connectivity index (χ4n) is 4.21. The van der Waals surface area contributed by atoms with E-state index in [2.05, 4.69) is 5.32 Å². The van der Waals surface area contributed by atoms with Crippen molar-refractivity contribution in [2.45, 2.75) is 65.1 Å². The van der Waals surface area contributed by atoms with Gasteiger partial charge in [-0.1, -0.05) is 59.1 Å². The molecule has 9 heteroatoms. The van der Waals surface area contributed by atoms with Crippen molar-refractivity contribution in [1.82, 2.24) is 10.2 Å². The lowest BCUT2D eigenvalue weighted by Crippen LogP contribution is -2.52. The molecule has 1 N–H and O–H groups in total. The fourth-order valence-corrected chi connectivity index (χ4v) is 5.81. The molecule has 0 aliphatic heterocycles. The second kappa shape index (κ2) is 12.7. The van der Waals surface area contributed by atoms with Crippen molar-refractivity contribution < 1.29 is 18.0 Å². The molecule has 2 amide bonds. The van der Waals surface area contributed by atoms with Gasteiger partial charge in [-0.15, -0.1) is 0 Å². The number of amides is 2. The molecule has 0 aliphatic rings. The van der Waals surface area contributed by atoms with Gasteiger partial charge in [0.1, 0.15) is 12.6 Å². The largest absolute Gasteiger partial charge is 0.352 e. The van der Waals surface area contributed by atoms with Crippen LogP contribution in [0.2, 0.25) is 5.02 Å². The van der Waals surface area contributed by atoms with E-state index in [0.29, 0.717) is 16.3 Å². The van der Waals surface area contributed by atoms with Crippen molar-refractivity contribution in [3.63, 3.8) is 0 Å². The van der Waals surface area contributed by atoms with E-state index < -0.39 is 28.5 Å². The smallest absolute Gasteiger partial charge is 0.264 e. The molecule has 0 aromatic heterocycles. The molecule has 0 saturated carbocycles. The van der Waals surface area contributed by atoms with Gasteiger partial charge in [0.05, 0.1) is 10.6 Å². The van der Waals surface area contributed by atoms with E-state index in [0.717, 1.165) is 21.0 Å². The number of carbonyl (C=O) groups is 2. The fraction of sp³-hybridized carbons (Fsp3) is 0.333. The zero-order chi connectivity index (χ0) is 28.9. The highest BCUT2D eigenvalue weighted by molar-refractivity contribution is 7.92. The number of benzene rings is 3. The number of hydrogen-bond acceptors (Lipinski definition) is 4. The molecule has 3 aromatic rings. The maximum atomic E-state index is 14.0. The number of anilines is 1. The molecule has 0 fully saturated rings. The van der Waals surface area contributed by atoms with Crippen LogP contribution in [0.15, 0.2) is 71.6 Å². The van der Waals surface area contributed by atoms with Gasteiger partial charge in [0.25, 0.3) is 10.0 Å². The number of sulfonamides is 1. The lowest BCUT2D eigenvalue weighted by molar-refractivity contribution is -0.139. The van der Waals surface area contributed by atoms with Crippen LogP contribution in [0.25, 0.3) is 0 Å². The van der Waals surface area contributed by atoms with Crippen LogP contribution >= 0.6 is 11.6 Å². The third-order valence-electron chi connectivity index (χ3n) is 6.37. The van der Waals surface area contributed by atoms with Gasteiger partial charge in [0, 0.05) is 17.6 Å². The van der Waals surface area contributed by atoms with E-state index >= 15 is 0 Å². The lowest BCUT2D eigenvalue weighted by atomic mass is 10.1. The van der Waals surface area contributed by atoms with Crippen LogP contribution in [0.1, 0.15) is 43.0 Å². The predicted octanol–water partition coefficient (Wildman–Crippen LogP) is 5.40. The third-order valence-corrected chi connectivity index (χ3v) is 8.40. The summed E-state index contributed by atoms with van der Waals surface area (Å²) in [6.45, 7) is 10.6. The van der Waals surface area contributed by atoms with Gasteiger partial charge < -0.3 is 10.2 Å². The van der Waals surface area contributed by atoms with Crippen LogP contribution in [-0.2, 0) is 26.2 Å². The van der Waals surface area contributed by atoms with Gasteiger partial charge >= 0.3 is 0 Å². The standard InChI is InChI=1S/C30H36ClN3O4S/c1-20(2)32-30(36)24(6)33(18-25-10-12-26(31)13-11-25)29(35)19-34(28-16-9-22(4)17-23(28)5)39(37,38)27-14-7-21(3)8-15-27/h7-17,20,24H,18-19H2,1-6H3,(H,32,36)/t24-/m0/s1. The van der Waals surface area contributed by atoms with Crippen LogP contribution in [0.3, 0.4) is 0 Å². The van der Waals surface area contributed by atoms with Gasteiger partial charge in [-0.05, 0) is 83.0 Å². The van der Waals surface area contributed by atoms with Crippen LogP contribution in [0, 0.1) is 20.8 Å². The summed E-state index contributed by atoms with van der Waals surface area (Å²) in [7, 11) is -4.11. The molecule has 39 heavy (non-hydrogen) atoms. The minimum absolute atomic E-state index is 0.0794. The van der Waals surface area contributed by atoms with Crippen molar-refractivity contribution >= 4 is 39.1 Å². The molecule has 0 saturated heterocycles. The first kappa shape index (κ1) is 30.2. The van der Waals surface area contributed by atoms with Crippen LogP contribution < -0.4 is 9.62 Å². The molecule has 0 aliphatic carbocycles. The van der Waals surface area contributed by atoms with E-state index in [1.54, 1.807) is 49.4 Å². The molecule has 0 spiro atoms. The Labute approximate surface area is 236 Å². The highest BCUT2D eigenvalue weighted by atomic mass is 35.5. The number of halogens is 1. The molecular weight excluding hydrogens is 534 g/mol. The maximum Gasteiger partial charge on any atom is 0.264 e. The van der Waals surface area contributed by atoms with E-state index in [9.17, 15) is 18.0 Å². The summed E-state index contributed by atoms with van der Waals surface area (Å²) in [6, 6.07) is 17.9. The number of nitrogens with zero attached hydrogens (tertiary/aromatic N) is 2. The second-order valence-corrected chi connectivity index (χ2v) is 12.4. The van der Waals surface area contributed by atoms with E-state index in [1.807, 2.05) is 46.8 Å². The summed E-state index contributed by atoms with van der Waals surface area (Å²) in [5, 5.41) is 3.40. The monoisotopic (exact) mass is 569 g/mol. The van der Waals surface area contributed by atoms with Gasteiger partial charge in [-0.3, -0.25) is 13.9 Å². The molecule has 0 bridgehead atoms. The molecule has 0 radical (unpaired) electrons. The number of nitrogens with one attached hydrogen (secondary N) is 1. The van der Waals surface area contributed by atoms with Crippen LogP contribution in [0.5, 0.6) is 0 Å². The first-order chi connectivity index (χ1) is 18.3. The highest BCUT2D eigenvalue weighted by Crippen LogP contribution is 2.28. The van der Waals surface area contributed by atoms with Crippen LogP contribution in [-0.4, -0.2) is 43.8 Å². The molecule has 1 atom stereocenters. The van der Waals surface area contributed by atoms with E-state index in [1.165, 1.54) is 17.0 Å². The first-order valence-corrected chi connectivity index (χ1v) is 14.6. The Morgan fingerprint density at radius 1 is 0.872 bits per heavy atom. The Morgan fingerprint density at radius 3 is 2.03 bits per heavy atom. The average Bonchev–Trinajstić information content (AvgIpc) is 2.86. The predicted molar refractivity (Wildman–Crippen MR) is 156 cm³/mol. The van der Waals surface area contributed by atoms with Gasteiger partial charge in [0.2, 0.25) is 11.8 Å². The van der Waals surface area contributed by atoms with Crippen molar-refractivity contribution in [3.05, 3.63) is 94.0 Å². The Morgan fingerprint density at radius 2 is 1.46 bits per heavy atom. The van der Waals surface area contributed by atoms with Gasteiger partial charge in [-0.2, -0.15) is 0 Å². The summed E-state index contributed by atoms with van der Waals surface area (Å²) in [5.41, 5.74) is 3.77. The van der Waals surface area contributed by atoms with E-state index in [-0.39, 0.29) is 23.4 Å². The molecular formula is C30H36ClN3O4S. The van der Waals surface area contributed by atoms with Gasteiger partial charge in [0.15, 0.2) is 0 Å². The molecule has 208 valence electrons. The lowest BCUT2D eigenvalue weighted by Gasteiger charge is -2.32. The number of hydrogen-bond donors (Lipinski definition) is 1. The van der Waals surface area contributed by atoms with Crippen molar-refractivity contribution in [2.24, 2.45) is 0 Å². The Kier molecular flexibility index (Phi) is 9.80. The Hall–Kier alpha value is -3.36. The molecule has 7 nitrogen and oxygen atoms in total. The zero-order valence-corrected chi connectivity index (χ0v) is 24.8. The van der Waals surface area contributed by atoms with Crippen LogP contribution in [0.4, 0.5) is 5.69 Å². The second-order valence-electron chi connectivity index (χ2n) is 10.1. The number of carbonyl (C=O) groups excluding carboxylic acids is 2. The number of rotatable bonds is 10. The topological polar surface area (TPSA) is 86.8 Å². The quantitative estimate of drug-likeness (QED) is 0.354. The number of aryl methyl sites for hydroxylation is 3. The molecule has 0 heterocycles. The normalized spacial score (nSPS) is 12.2. The summed E-state index contributed by atoms with van der Waals surface area (Å²) in [4.78, 5) is 28.4. The Balaban J connectivity index is 2.06. The van der Waals surface area contributed by atoms with Gasteiger partial charge in [-0.25, -0.2) is 8.42 Å². The van der Waals surface area contributed by atoms with Crippen molar-refractivity contribution in [2.75, 3.05) is 10.8 Å². The summed E-state index contributed by atoms with van der Waals surface area (Å²) in [6.07, 6.45) is 0. The molecule has 0 unspecified atom stereocenters. The highest BCUT2D eigenvalue weighted by Gasteiger charge is 2.33. The summed E-state index contributed by atoms with van der Waals surface area (Å²) < 4.78 is 29.0. The summed E-state index contributed by atoms with van der Waals surface area (Å²) >= 11 is 6.04. The molecule has 3 rings (SSSR count). The maximum absolute atomic E-state index is 14.0. The minimum Gasteiger partial charge on any atom is -0.352 e.